The molecule has 0 radical (unpaired) electrons. The summed E-state index contributed by atoms with van der Waals surface area (Å²) in [6.45, 7) is 1.85. The van der Waals surface area contributed by atoms with Gasteiger partial charge in [0.25, 0.3) is 0 Å². The second-order valence-electron chi connectivity index (χ2n) is 4.46. The molecule has 1 N–H and O–H groups in total. The molecule has 8 heteroatoms. The maximum atomic E-state index is 13.2. The van der Waals surface area contributed by atoms with E-state index in [2.05, 4.69) is 5.32 Å². The van der Waals surface area contributed by atoms with E-state index in [1.807, 2.05) is 6.07 Å². The first-order valence-corrected chi connectivity index (χ1v) is 6.04. The molecule has 0 aromatic heterocycles. The molecule has 21 heavy (non-hydrogen) atoms. The largest absolute Gasteiger partial charge is 0.408 e. The van der Waals surface area contributed by atoms with Crippen LogP contribution in [0.4, 0.5) is 13.2 Å². The van der Waals surface area contributed by atoms with Crippen LogP contribution < -0.4 is 5.32 Å². The lowest BCUT2D eigenvalue weighted by Crippen LogP contribution is -2.49. The molecule has 1 aliphatic heterocycles. The first kappa shape index (κ1) is 20.0. The van der Waals surface area contributed by atoms with Gasteiger partial charge in [-0.25, -0.2) is 0 Å². The fraction of sp³-hybridized carbons (Fsp3) is 0.462. The summed E-state index contributed by atoms with van der Waals surface area (Å²) in [6, 6.07) is 5.94. The van der Waals surface area contributed by atoms with Gasteiger partial charge in [0.1, 0.15) is 6.04 Å². The number of hydrogen-bond donors (Lipinski definition) is 1. The number of nitrogens with zero attached hydrogens (tertiary/aromatic N) is 2. The molecule has 0 bridgehead atoms. The van der Waals surface area contributed by atoms with E-state index in [9.17, 15) is 13.2 Å². The number of nitriles is 1. The van der Waals surface area contributed by atoms with Crippen molar-refractivity contribution in [3.8, 4) is 6.07 Å². The molecule has 1 aromatic rings. The van der Waals surface area contributed by atoms with Crippen molar-refractivity contribution in [3.63, 3.8) is 0 Å². The van der Waals surface area contributed by atoms with E-state index in [0.29, 0.717) is 31.7 Å². The van der Waals surface area contributed by atoms with Crippen molar-refractivity contribution in [2.45, 2.75) is 12.2 Å². The highest BCUT2D eigenvalue weighted by molar-refractivity contribution is 5.85. The summed E-state index contributed by atoms with van der Waals surface area (Å²) in [5.41, 5.74) is 0.554. The Bertz CT molecular complexity index is 465. The smallest absolute Gasteiger partial charge is 0.314 e. The van der Waals surface area contributed by atoms with Gasteiger partial charge >= 0.3 is 6.18 Å². The van der Waals surface area contributed by atoms with E-state index >= 15 is 0 Å². The Hall–Kier alpha value is -1.00. The Morgan fingerprint density at radius 2 is 1.62 bits per heavy atom. The zero-order chi connectivity index (χ0) is 13.9. The maximum absolute atomic E-state index is 13.2. The van der Waals surface area contributed by atoms with E-state index in [1.54, 1.807) is 0 Å². The quantitative estimate of drug-likeness (QED) is 0.898. The second-order valence-corrected chi connectivity index (χ2v) is 4.46. The van der Waals surface area contributed by atoms with Crippen LogP contribution in [0, 0.1) is 11.3 Å². The van der Waals surface area contributed by atoms with E-state index in [0.717, 1.165) is 0 Å². The minimum Gasteiger partial charge on any atom is -0.314 e. The van der Waals surface area contributed by atoms with Crippen molar-refractivity contribution >= 4 is 24.8 Å². The first-order chi connectivity index (χ1) is 9.02. The summed E-state index contributed by atoms with van der Waals surface area (Å²) in [4.78, 5) is 1.43. The van der Waals surface area contributed by atoms with Crippen LogP contribution in [0.3, 0.4) is 0 Å². The van der Waals surface area contributed by atoms with Gasteiger partial charge in [-0.1, -0.05) is 12.1 Å². The Labute approximate surface area is 133 Å². The van der Waals surface area contributed by atoms with Gasteiger partial charge in [-0.15, -0.1) is 24.8 Å². The van der Waals surface area contributed by atoms with Crippen LogP contribution in [-0.4, -0.2) is 37.3 Å². The van der Waals surface area contributed by atoms with Crippen LogP contribution in [-0.2, 0) is 0 Å². The van der Waals surface area contributed by atoms with Crippen LogP contribution >= 0.6 is 24.8 Å². The van der Waals surface area contributed by atoms with Gasteiger partial charge in [-0.2, -0.15) is 18.4 Å². The molecule has 118 valence electrons. The van der Waals surface area contributed by atoms with E-state index in [1.165, 1.54) is 29.2 Å². The Morgan fingerprint density at radius 1 is 1.10 bits per heavy atom. The third kappa shape index (κ3) is 5.04. The van der Waals surface area contributed by atoms with Crippen molar-refractivity contribution in [3.05, 3.63) is 35.4 Å². The molecule has 3 nitrogen and oxygen atoms in total. The number of halogens is 5. The molecule has 0 unspecified atom stereocenters. The van der Waals surface area contributed by atoms with Gasteiger partial charge < -0.3 is 5.32 Å². The SMILES string of the molecule is Cl.Cl.N#Cc1ccc([C@H](N2CCNCC2)C(F)(F)F)cc1. The topological polar surface area (TPSA) is 39.1 Å². The average Bonchev–Trinajstić information content (AvgIpc) is 2.39. The van der Waals surface area contributed by atoms with Gasteiger partial charge in [-0.3, -0.25) is 4.90 Å². The molecular formula is C13H16Cl2F3N3. The number of nitrogens with one attached hydrogen (secondary N) is 1. The molecule has 0 aliphatic carbocycles. The highest BCUT2D eigenvalue weighted by Crippen LogP contribution is 2.37. The summed E-state index contributed by atoms with van der Waals surface area (Å²) in [5.74, 6) is 0. The monoisotopic (exact) mass is 341 g/mol. The van der Waals surface area contributed by atoms with Crippen molar-refractivity contribution in [2.24, 2.45) is 0 Å². The molecule has 1 aromatic carbocycles. The molecule has 1 aliphatic rings. The molecule has 0 amide bonds. The highest BCUT2D eigenvalue weighted by atomic mass is 35.5. The lowest BCUT2D eigenvalue weighted by Gasteiger charge is -2.36. The molecule has 0 spiro atoms. The zero-order valence-corrected chi connectivity index (χ0v) is 12.7. The fourth-order valence-corrected chi connectivity index (χ4v) is 2.29. The molecule has 0 saturated carbocycles. The maximum Gasteiger partial charge on any atom is 0.408 e. The standard InChI is InChI=1S/C13H14F3N3.2ClH/c14-13(15,16)12(19-7-5-18-6-8-19)11-3-1-10(9-17)2-4-11;;/h1-4,12,18H,5-8H2;2*1H/t12-;;/m0../s1. The van der Waals surface area contributed by atoms with Crippen molar-refractivity contribution in [2.75, 3.05) is 26.2 Å². The van der Waals surface area contributed by atoms with Gasteiger partial charge in [0.15, 0.2) is 0 Å². The zero-order valence-electron chi connectivity index (χ0n) is 11.1. The molecule has 2 rings (SSSR count). The van der Waals surface area contributed by atoms with Gasteiger partial charge in [0, 0.05) is 26.2 Å². The molecule has 1 atom stereocenters. The van der Waals surface area contributed by atoms with E-state index < -0.39 is 12.2 Å². The van der Waals surface area contributed by atoms with E-state index in [4.69, 9.17) is 5.26 Å². The Kier molecular flexibility index (Phi) is 8.04. The minimum absolute atomic E-state index is 0. The number of rotatable bonds is 2. The third-order valence-electron chi connectivity index (χ3n) is 3.18. The molecule has 1 heterocycles. The summed E-state index contributed by atoms with van der Waals surface area (Å²) in [6.07, 6.45) is -4.31. The molecule has 1 fully saturated rings. The summed E-state index contributed by atoms with van der Waals surface area (Å²) < 4.78 is 39.7. The van der Waals surface area contributed by atoms with Crippen LogP contribution in [0.2, 0.25) is 0 Å². The van der Waals surface area contributed by atoms with Gasteiger partial charge in [0.05, 0.1) is 11.6 Å². The highest BCUT2D eigenvalue weighted by Gasteiger charge is 2.44. The van der Waals surface area contributed by atoms with Crippen molar-refractivity contribution in [1.82, 2.24) is 10.2 Å². The van der Waals surface area contributed by atoms with Crippen molar-refractivity contribution in [1.29, 1.82) is 5.26 Å². The van der Waals surface area contributed by atoms with Crippen LogP contribution in [0.5, 0.6) is 0 Å². The molecular weight excluding hydrogens is 326 g/mol. The lowest BCUT2D eigenvalue weighted by molar-refractivity contribution is -0.187. The van der Waals surface area contributed by atoms with Crippen LogP contribution in [0.1, 0.15) is 17.2 Å². The Morgan fingerprint density at radius 3 is 2.05 bits per heavy atom. The summed E-state index contributed by atoms with van der Waals surface area (Å²) in [7, 11) is 0. The predicted molar refractivity (Wildman–Crippen MR) is 78.9 cm³/mol. The van der Waals surface area contributed by atoms with Gasteiger partial charge in [0.2, 0.25) is 0 Å². The third-order valence-corrected chi connectivity index (χ3v) is 3.18. The van der Waals surface area contributed by atoms with Crippen LogP contribution in [0.15, 0.2) is 24.3 Å². The first-order valence-electron chi connectivity index (χ1n) is 6.04. The summed E-state index contributed by atoms with van der Waals surface area (Å²) in [5, 5.41) is 11.7. The summed E-state index contributed by atoms with van der Waals surface area (Å²) >= 11 is 0. The number of alkyl halides is 3. The number of benzene rings is 1. The lowest BCUT2D eigenvalue weighted by atomic mass is 10.0. The molecule has 1 saturated heterocycles. The minimum atomic E-state index is -4.31. The average molecular weight is 342 g/mol. The normalized spacial score (nSPS) is 17.0. The van der Waals surface area contributed by atoms with Gasteiger partial charge in [-0.05, 0) is 17.7 Å². The van der Waals surface area contributed by atoms with Crippen molar-refractivity contribution < 1.29 is 13.2 Å². The predicted octanol–water partition coefficient (Wildman–Crippen LogP) is 2.91. The number of hydrogen-bond acceptors (Lipinski definition) is 3. The fourth-order valence-electron chi connectivity index (χ4n) is 2.29. The second kappa shape index (κ2) is 8.44. The van der Waals surface area contributed by atoms with Crippen LogP contribution in [0.25, 0.3) is 0 Å². The van der Waals surface area contributed by atoms with E-state index in [-0.39, 0.29) is 30.4 Å². The Balaban J connectivity index is 0.00000200. The number of piperazine rings is 1.